The van der Waals surface area contributed by atoms with Crippen molar-refractivity contribution in [3.63, 3.8) is 0 Å². The van der Waals surface area contributed by atoms with Crippen molar-refractivity contribution >= 4 is 28.9 Å². The van der Waals surface area contributed by atoms with Gasteiger partial charge in [0.15, 0.2) is 0 Å². The molecule has 3 amide bonds. The Kier molecular flexibility index (Phi) is 7.86. The number of amides is 3. The number of hydrogen-bond acceptors (Lipinski definition) is 5. The molecule has 0 fully saturated rings. The molecule has 0 radical (unpaired) electrons. The minimum atomic E-state index is -0.561. The van der Waals surface area contributed by atoms with Gasteiger partial charge >= 0.3 is 6.09 Å². The zero-order valence-corrected chi connectivity index (χ0v) is 20.9. The minimum Gasteiger partial charge on any atom is -0.455 e. The number of furan rings is 1. The largest absolute Gasteiger partial charge is 0.455 e. The molecular formula is C29H26FN3O5. The summed E-state index contributed by atoms with van der Waals surface area (Å²) in [5.41, 5.74) is 3.98. The zero-order valence-electron chi connectivity index (χ0n) is 20.9. The summed E-state index contributed by atoms with van der Waals surface area (Å²) in [4.78, 5) is 37.1. The monoisotopic (exact) mass is 515 g/mol. The third-order valence-electron chi connectivity index (χ3n) is 5.99. The highest BCUT2D eigenvalue weighted by Crippen LogP contribution is 2.38. The highest BCUT2D eigenvalue weighted by atomic mass is 19.1. The lowest BCUT2D eigenvalue weighted by molar-refractivity contribution is 0.0959. The molecule has 0 saturated heterocycles. The molecule has 38 heavy (non-hydrogen) atoms. The maximum atomic E-state index is 13.6. The number of methoxy groups -OCH3 is 1. The second kappa shape index (κ2) is 11.4. The van der Waals surface area contributed by atoms with Crippen LogP contribution in [0.1, 0.15) is 26.3 Å². The van der Waals surface area contributed by atoms with Gasteiger partial charge in [-0.25, -0.2) is 9.18 Å². The van der Waals surface area contributed by atoms with Gasteiger partial charge in [0.05, 0.1) is 12.7 Å². The van der Waals surface area contributed by atoms with Gasteiger partial charge in [0, 0.05) is 30.1 Å². The van der Waals surface area contributed by atoms with Crippen LogP contribution in [0.25, 0.3) is 33.4 Å². The Labute approximate surface area is 218 Å². The van der Waals surface area contributed by atoms with E-state index in [0.29, 0.717) is 39.8 Å². The lowest BCUT2D eigenvalue weighted by Crippen LogP contribution is -2.25. The fourth-order valence-electron chi connectivity index (χ4n) is 4.19. The van der Waals surface area contributed by atoms with E-state index in [1.807, 2.05) is 12.1 Å². The van der Waals surface area contributed by atoms with Crippen molar-refractivity contribution in [3.05, 3.63) is 96.0 Å². The number of rotatable bonds is 8. The average molecular weight is 516 g/mol. The molecule has 0 atom stereocenters. The molecule has 3 N–H and O–H groups in total. The van der Waals surface area contributed by atoms with Crippen LogP contribution >= 0.6 is 0 Å². The molecule has 9 heteroatoms. The van der Waals surface area contributed by atoms with E-state index >= 15 is 0 Å². The molecule has 8 nitrogen and oxygen atoms in total. The predicted molar refractivity (Wildman–Crippen MR) is 142 cm³/mol. The fourth-order valence-corrected chi connectivity index (χ4v) is 4.19. The minimum absolute atomic E-state index is 0.273. The summed E-state index contributed by atoms with van der Waals surface area (Å²) in [5.74, 6) is -0.790. The quantitative estimate of drug-likeness (QED) is 0.305. The Morgan fingerprint density at radius 3 is 2.47 bits per heavy atom. The van der Waals surface area contributed by atoms with Crippen molar-refractivity contribution in [1.29, 1.82) is 0 Å². The summed E-state index contributed by atoms with van der Waals surface area (Å²) in [6, 6.07) is 16.3. The van der Waals surface area contributed by atoms with Crippen LogP contribution in [0.2, 0.25) is 0 Å². The second-order valence-corrected chi connectivity index (χ2v) is 8.32. The highest BCUT2D eigenvalue weighted by Gasteiger charge is 2.23. The van der Waals surface area contributed by atoms with Crippen LogP contribution < -0.4 is 16.0 Å². The van der Waals surface area contributed by atoms with E-state index in [2.05, 4.69) is 27.3 Å². The number of carbonyl (C=O) groups is 3. The van der Waals surface area contributed by atoms with E-state index in [1.54, 1.807) is 36.4 Å². The average Bonchev–Trinajstić information content (AvgIpc) is 3.31. The SMILES string of the molecule is C=CNC(=O)c1cccc(-c2cc3c(C(=O)NC)c(-c4ccc(F)cc4)oc3cc2CCNC(=O)OC)c1. The van der Waals surface area contributed by atoms with E-state index < -0.39 is 11.9 Å². The van der Waals surface area contributed by atoms with Gasteiger partial charge in [-0.05, 0) is 77.8 Å². The molecule has 0 aliphatic rings. The highest BCUT2D eigenvalue weighted by molar-refractivity contribution is 6.12. The topological polar surface area (TPSA) is 110 Å². The predicted octanol–water partition coefficient (Wildman–Crippen LogP) is 5.04. The number of fused-ring (bicyclic) bond motifs is 1. The number of carbonyl (C=O) groups excluding carboxylic acids is 3. The second-order valence-electron chi connectivity index (χ2n) is 8.32. The van der Waals surface area contributed by atoms with E-state index in [-0.39, 0.29) is 18.4 Å². The molecule has 0 saturated carbocycles. The van der Waals surface area contributed by atoms with Gasteiger partial charge in [-0.15, -0.1) is 0 Å². The molecule has 194 valence electrons. The van der Waals surface area contributed by atoms with Gasteiger partial charge in [-0.1, -0.05) is 18.7 Å². The molecule has 4 aromatic rings. The summed E-state index contributed by atoms with van der Waals surface area (Å²) in [6.07, 6.45) is 1.16. The normalized spacial score (nSPS) is 10.6. The number of ether oxygens (including phenoxy) is 1. The van der Waals surface area contributed by atoms with Crippen LogP contribution in [0, 0.1) is 5.82 Å². The zero-order chi connectivity index (χ0) is 27.2. The third kappa shape index (κ3) is 5.41. The first-order chi connectivity index (χ1) is 18.4. The Balaban J connectivity index is 1.92. The van der Waals surface area contributed by atoms with Crippen LogP contribution in [0.4, 0.5) is 9.18 Å². The standard InChI is InChI=1S/C29H26FN3O5/c1-4-32-27(34)20-7-5-6-18(14-20)22-16-23-24(15-19(22)12-13-33-29(36)37-3)38-26(25(23)28(35)31-2)17-8-10-21(30)11-9-17/h4-11,14-16H,1,12-13H2,2-3H3,(H,31,35)(H,32,34)(H,33,36). The third-order valence-corrected chi connectivity index (χ3v) is 5.99. The summed E-state index contributed by atoms with van der Waals surface area (Å²) in [7, 11) is 2.80. The summed E-state index contributed by atoms with van der Waals surface area (Å²) >= 11 is 0. The maximum Gasteiger partial charge on any atom is 0.406 e. The van der Waals surface area contributed by atoms with Crippen molar-refractivity contribution < 1.29 is 27.9 Å². The van der Waals surface area contributed by atoms with Gasteiger partial charge in [0.2, 0.25) is 0 Å². The molecule has 0 aliphatic carbocycles. The Bertz CT molecular complexity index is 1530. The van der Waals surface area contributed by atoms with Crippen LogP contribution in [0.5, 0.6) is 0 Å². The molecule has 1 heterocycles. The van der Waals surface area contributed by atoms with Crippen LogP contribution in [0.3, 0.4) is 0 Å². The first-order valence-electron chi connectivity index (χ1n) is 11.8. The van der Waals surface area contributed by atoms with Crippen LogP contribution in [-0.4, -0.2) is 38.6 Å². The summed E-state index contributed by atoms with van der Waals surface area (Å²) in [6.45, 7) is 3.80. The molecule has 1 aromatic heterocycles. The molecule has 4 rings (SSSR count). The Morgan fingerprint density at radius 1 is 1.03 bits per heavy atom. The summed E-state index contributed by atoms with van der Waals surface area (Å²) < 4.78 is 24.4. The summed E-state index contributed by atoms with van der Waals surface area (Å²) in [5, 5.41) is 8.42. The van der Waals surface area contributed by atoms with Crippen LogP contribution in [-0.2, 0) is 11.2 Å². The number of nitrogens with one attached hydrogen (secondary N) is 3. The lowest BCUT2D eigenvalue weighted by Gasteiger charge is -2.12. The van der Waals surface area contributed by atoms with E-state index in [4.69, 9.17) is 4.42 Å². The van der Waals surface area contributed by atoms with Crippen molar-refractivity contribution in [2.45, 2.75) is 6.42 Å². The molecule has 0 bridgehead atoms. The van der Waals surface area contributed by atoms with Crippen molar-refractivity contribution in [1.82, 2.24) is 16.0 Å². The lowest BCUT2D eigenvalue weighted by atomic mass is 9.93. The van der Waals surface area contributed by atoms with Gasteiger partial charge in [-0.2, -0.15) is 0 Å². The number of halogens is 1. The van der Waals surface area contributed by atoms with E-state index in [9.17, 15) is 18.8 Å². The first-order valence-corrected chi connectivity index (χ1v) is 11.8. The van der Waals surface area contributed by atoms with Gasteiger partial charge < -0.3 is 25.1 Å². The van der Waals surface area contributed by atoms with Crippen molar-refractivity contribution in [3.8, 4) is 22.5 Å². The first kappa shape index (κ1) is 26.2. The smallest absolute Gasteiger partial charge is 0.406 e. The van der Waals surface area contributed by atoms with Gasteiger partial charge in [-0.3, -0.25) is 9.59 Å². The number of benzene rings is 3. The van der Waals surface area contributed by atoms with E-state index in [1.165, 1.54) is 32.5 Å². The Hall–Kier alpha value is -4.92. The molecule has 0 aliphatic heterocycles. The molecular weight excluding hydrogens is 489 g/mol. The number of hydrogen-bond donors (Lipinski definition) is 3. The Morgan fingerprint density at radius 2 is 1.79 bits per heavy atom. The molecule has 0 unspecified atom stereocenters. The molecule has 3 aromatic carbocycles. The van der Waals surface area contributed by atoms with E-state index in [0.717, 1.165) is 16.7 Å². The molecule has 0 spiro atoms. The van der Waals surface area contributed by atoms with Gasteiger partial charge in [0.1, 0.15) is 17.2 Å². The van der Waals surface area contributed by atoms with Crippen molar-refractivity contribution in [2.24, 2.45) is 0 Å². The fraction of sp³-hybridized carbons (Fsp3) is 0.138. The number of alkyl carbamates (subject to hydrolysis) is 1. The maximum absolute atomic E-state index is 13.6. The van der Waals surface area contributed by atoms with Crippen molar-refractivity contribution in [2.75, 3.05) is 20.7 Å². The van der Waals surface area contributed by atoms with Crippen LogP contribution in [0.15, 0.2) is 77.9 Å². The van der Waals surface area contributed by atoms with Gasteiger partial charge in [0.25, 0.3) is 11.8 Å².